The fourth-order valence-electron chi connectivity index (χ4n) is 2.10. The highest BCUT2D eigenvalue weighted by Gasteiger charge is 2.25. The summed E-state index contributed by atoms with van der Waals surface area (Å²) in [6.07, 6.45) is 0.549. The minimum atomic E-state index is -1.43. The minimum Gasteiger partial charge on any atom is -0.478 e. The summed E-state index contributed by atoms with van der Waals surface area (Å²) in [5, 5.41) is 11.5. The number of benzene rings is 1. The number of halogens is 1. The number of hydrogen-bond acceptors (Lipinski definition) is 3. The Kier molecular flexibility index (Phi) is 5.43. The number of carboxylic acid groups (broad SMARTS) is 1. The van der Waals surface area contributed by atoms with E-state index in [1.165, 1.54) is 12.1 Å². The van der Waals surface area contributed by atoms with Crippen molar-refractivity contribution in [2.75, 3.05) is 11.9 Å². The van der Waals surface area contributed by atoms with Crippen LogP contribution < -0.4 is 11.1 Å². The second-order valence-corrected chi connectivity index (χ2v) is 6.15. The first-order chi connectivity index (χ1) is 9.65. The lowest BCUT2D eigenvalue weighted by Crippen LogP contribution is -2.33. The number of carboxylic acids is 1. The van der Waals surface area contributed by atoms with E-state index in [1.807, 2.05) is 20.8 Å². The number of anilines is 1. The molecule has 0 radical (unpaired) electrons. The molecule has 5 nitrogen and oxygen atoms in total. The molecule has 4 N–H and O–H groups in total. The molecule has 1 aromatic carbocycles. The predicted octanol–water partition coefficient (Wildman–Crippen LogP) is 2.47. The lowest BCUT2D eigenvalue weighted by Gasteiger charge is -2.24. The van der Waals surface area contributed by atoms with Gasteiger partial charge in [-0.25, -0.2) is 9.18 Å². The summed E-state index contributed by atoms with van der Waals surface area (Å²) in [4.78, 5) is 23.3. The molecular formula is C15H21FN2O3. The van der Waals surface area contributed by atoms with Gasteiger partial charge in [0.25, 0.3) is 0 Å². The Morgan fingerprint density at radius 2 is 2.00 bits per heavy atom. The van der Waals surface area contributed by atoms with Crippen LogP contribution in [-0.2, 0) is 4.79 Å². The lowest BCUT2D eigenvalue weighted by atomic mass is 9.84. The van der Waals surface area contributed by atoms with E-state index in [9.17, 15) is 14.0 Å². The first-order valence-corrected chi connectivity index (χ1v) is 6.68. The van der Waals surface area contributed by atoms with E-state index in [-0.39, 0.29) is 17.6 Å². The molecule has 0 fully saturated rings. The van der Waals surface area contributed by atoms with E-state index in [1.54, 1.807) is 0 Å². The van der Waals surface area contributed by atoms with Crippen molar-refractivity contribution in [1.82, 2.24) is 0 Å². The van der Waals surface area contributed by atoms with Gasteiger partial charge in [-0.05, 0) is 24.0 Å². The summed E-state index contributed by atoms with van der Waals surface area (Å²) in [5.41, 5.74) is 4.91. The zero-order valence-electron chi connectivity index (χ0n) is 12.4. The fourth-order valence-corrected chi connectivity index (χ4v) is 2.10. The van der Waals surface area contributed by atoms with Gasteiger partial charge in [-0.2, -0.15) is 0 Å². The molecule has 0 spiro atoms. The molecule has 1 rings (SSSR count). The molecule has 0 heterocycles. The highest BCUT2D eigenvalue weighted by atomic mass is 19.1. The molecule has 116 valence electrons. The first-order valence-electron chi connectivity index (χ1n) is 6.68. The summed E-state index contributed by atoms with van der Waals surface area (Å²) >= 11 is 0. The molecule has 1 atom stereocenters. The lowest BCUT2D eigenvalue weighted by molar-refractivity contribution is -0.120. The van der Waals surface area contributed by atoms with Gasteiger partial charge in [-0.15, -0.1) is 0 Å². The Morgan fingerprint density at radius 3 is 2.48 bits per heavy atom. The average Bonchev–Trinajstić information content (AvgIpc) is 2.34. The third-order valence-corrected chi connectivity index (χ3v) is 3.00. The van der Waals surface area contributed by atoms with Crippen molar-refractivity contribution in [3.05, 3.63) is 29.6 Å². The van der Waals surface area contributed by atoms with E-state index in [0.29, 0.717) is 6.42 Å². The van der Waals surface area contributed by atoms with E-state index in [4.69, 9.17) is 10.8 Å². The van der Waals surface area contributed by atoms with Gasteiger partial charge >= 0.3 is 5.97 Å². The summed E-state index contributed by atoms with van der Waals surface area (Å²) in [6, 6.07) is 3.74. The van der Waals surface area contributed by atoms with Crippen LogP contribution in [0.5, 0.6) is 0 Å². The maximum atomic E-state index is 13.5. The highest BCUT2D eigenvalue weighted by molar-refractivity contribution is 6.01. The number of nitrogens with two attached hydrogens (primary N) is 1. The molecule has 0 aromatic heterocycles. The number of aromatic carboxylic acids is 1. The van der Waals surface area contributed by atoms with Crippen molar-refractivity contribution in [3.63, 3.8) is 0 Å². The summed E-state index contributed by atoms with van der Waals surface area (Å²) in [5.74, 6) is -3.18. The van der Waals surface area contributed by atoms with Crippen molar-refractivity contribution >= 4 is 17.6 Å². The smallest absolute Gasteiger partial charge is 0.340 e. The molecule has 21 heavy (non-hydrogen) atoms. The number of amides is 1. The monoisotopic (exact) mass is 296 g/mol. The van der Waals surface area contributed by atoms with Crippen LogP contribution in [0.25, 0.3) is 0 Å². The molecule has 1 unspecified atom stereocenters. The van der Waals surface area contributed by atoms with Crippen LogP contribution in [0.2, 0.25) is 0 Å². The van der Waals surface area contributed by atoms with Crippen LogP contribution in [0.4, 0.5) is 10.1 Å². The highest BCUT2D eigenvalue weighted by Crippen LogP contribution is 2.26. The normalized spacial score (nSPS) is 12.8. The average molecular weight is 296 g/mol. The van der Waals surface area contributed by atoms with Gasteiger partial charge in [-0.1, -0.05) is 26.8 Å². The molecule has 0 saturated heterocycles. The molecule has 0 saturated carbocycles. The maximum absolute atomic E-state index is 13.5. The summed E-state index contributed by atoms with van der Waals surface area (Å²) in [6.45, 7) is 6.08. The maximum Gasteiger partial charge on any atom is 0.340 e. The van der Waals surface area contributed by atoms with Crippen LogP contribution in [0.1, 0.15) is 37.6 Å². The van der Waals surface area contributed by atoms with Crippen LogP contribution >= 0.6 is 0 Å². The Labute approximate surface area is 123 Å². The number of carbonyl (C=O) groups excluding carboxylic acids is 1. The molecule has 0 aliphatic rings. The Balaban J connectivity index is 2.97. The van der Waals surface area contributed by atoms with Gasteiger partial charge < -0.3 is 16.2 Å². The van der Waals surface area contributed by atoms with Gasteiger partial charge in [-0.3, -0.25) is 4.79 Å². The van der Waals surface area contributed by atoms with Crippen molar-refractivity contribution in [1.29, 1.82) is 0 Å². The van der Waals surface area contributed by atoms with Gasteiger partial charge in [0, 0.05) is 6.54 Å². The van der Waals surface area contributed by atoms with E-state index < -0.39 is 29.2 Å². The largest absolute Gasteiger partial charge is 0.478 e. The summed E-state index contributed by atoms with van der Waals surface area (Å²) in [7, 11) is 0. The molecular weight excluding hydrogens is 275 g/mol. The molecule has 0 bridgehead atoms. The molecule has 0 aliphatic carbocycles. The Hall–Kier alpha value is -1.95. The Morgan fingerprint density at radius 1 is 1.38 bits per heavy atom. The van der Waals surface area contributed by atoms with Crippen molar-refractivity contribution in [2.24, 2.45) is 17.1 Å². The van der Waals surface area contributed by atoms with Crippen LogP contribution in [0.15, 0.2) is 18.2 Å². The van der Waals surface area contributed by atoms with Crippen LogP contribution in [0, 0.1) is 17.2 Å². The van der Waals surface area contributed by atoms with Crippen molar-refractivity contribution in [2.45, 2.75) is 27.2 Å². The first kappa shape index (κ1) is 17.1. The molecule has 1 amide bonds. The Bertz CT molecular complexity index is 538. The van der Waals surface area contributed by atoms with Gasteiger partial charge in [0.1, 0.15) is 11.4 Å². The van der Waals surface area contributed by atoms with Crippen molar-refractivity contribution < 1.29 is 19.1 Å². The van der Waals surface area contributed by atoms with Crippen LogP contribution in [-0.4, -0.2) is 23.5 Å². The second kappa shape index (κ2) is 6.67. The zero-order valence-corrected chi connectivity index (χ0v) is 12.4. The SMILES string of the molecule is CC(C)(C)CC(CN)C(=O)Nc1cccc(F)c1C(=O)O. The quantitative estimate of drug-likeness (QED) is 0.778. The van der Waals surface area contributed by atoms with Crippen molar-refractivity contribution in [3.8, 4) is 0 Å². The third kappa shape index (κ3) is 4.82. The zero-order chi connectivity index (χ0) is 16.2. The predicted molar refractivity (Wildman–Crippen MR) is 78.6 cm³/mol. The molecule has 6 heteroatoms. The van der Waals surface area contributed by atoms with Gasteiger partial charge in [0.05, 0.1) is 11.6 Å². The van der Waals surface area contributed by atoms with Gasteiger partial charge in [0.15, 0.2) is 0 Å². The number of rotatable bonds is 5. The third-order valence-electron chi connectivity index (χ3n) is 3.00. The number of hydrogen-bond donors (Lipinski definition) is 3. The molecule has 0 aliphatic heterocycles. The second-order valence-electron chi connectivity index (χ2n) is 6.15. The summed E-state index contributed by atoms with van der Waals surface area (Å²) < 4.78 is 13.5. The fraction of sp³-hybridized carbons (Fsp3) is 0.467. The number of nitrogens with one attached hydrogen (secondary N) is 1. The standard InChI is InChI=1S/C15H21FN2O3/c1-15(2,3)7-9(8-17)13(19)18-11-6-4-5-10(16)12(11)14(20)21/h4-6,9H,7-8,17H2,1-3H3,(H,18,19)(H,20,21). The van der Waals surface area contributed by atoms with E-state index in [2.05, 4.69) is 5.32 Å². The molecule has 1 aromatic rings. The van der Waals surface area contributed by atoms with E-state index in [0.717, 1.165) is 6.07 Å². The number of carbonyl (C=O) groups is 2. The van der Waals surface area contributed by atoms with E-state index >= 15 is 0 Å². The topological polar surface area (TPSA) is 92.4 Å². The minimum absolute atomic E-state index is 0.0557. The van der Waals surface area contributed by atoms with Crippen LogP contribution in [0.3, 0.4) is 0 Å². The van der Waals surface area contributed by atoms with Gasteiger partial charge in [0.2, 0.25) is 5.91 Å².